The summed E-state index contributed by atoms with van der Waals surface area (Å²) in [5, 5.41) is 19.6. The van der Waals surface area contributed by atoms with E-state index in [1.807, 2.05) is 0 Å². The summed E-state index contributed by atoms with van der Waals surface area (Å²) < 4.78 is 1.14. The summed E-state index contributed by atoms with van der Waals surface area (Å²) in [6.07, 6.45) is -1.08. The van der Waals surface area contributed by atoms with Crippen LogP contribution in [0.2, 0.25) is 0 Å². The van der Waals surface area contributed by atoms with E-state index in [9.17, 15) is 14.9 Å². The maximum atomic E-state index is 11.1. The maximum absolute atomic E-state index is 11.1. The first-order chi connectivity index (χ1) is 8.50. The van der Waals surface area contributed by atoms with Crippen LogP contribution in [0.15, 0.2) is 36.4 Å². The van der Waals surface area contributed by atoms with Crippen molar-refractivity contribution in [3.63, 3.8) is 0 Å². The van der Waals surface area contributed by atoms with Crippen LogP contribution in [0.5, 0.6) is 0 Å². The third-order valence-electron chi connectivity index (χ3n) is 2.64. The first-order valence-electron chi connectivity index (χ1n) is 5.17. The van der Waals surface area contributed by atoms with Crippen molar-refractivity contribution >= 4 is 11.8 Å². The highest BCUT2D eigenvalue weighted by molar-refractivity contribution is 5.78. The molecule has 2 rings (SSSR count). The number of nitro benzene ring substituents is 1. The predicted octanol–water partition coefficient (Wildman–Crippen LogP) is 2.90. The number of non-ortho nitro benzene ring substituents is 1. The lowest BCUT2D eigenvalue weighted by Gasteiger charge is -2.05. The fraction of sp³-hybridized carbons (Fsp3) is 0.0833. The molecule has 18 heavy (non-hydrogen) atoms. The Kier molecular flexibility index (Phi) is 2.85. The van der Waals surface area contributed by atoms with Gasteiger partial charge in [0.15, 0.2) is 0 Å². The van der Waals surface area contributed by atoms with E-state index < -0.39 is 11.0 Å². The van der Waals surface area contributed by atoms with Crippen molar-refractivity contribution in [1.82, 2.24) is 4.57 Å². The van der Waals surface area contributed by atoms with Crippen LogP contribution >= 0.6 is 0 Å². The molecular formula is C12H10N2O4. The highest BCUT2D eigenvalue weighted by Crippen LogP contribution is 2.24. The summed E-state index contributed by atoms with van der Waals surface area (Å²) in [5.74, 6) is 0. The van der Waals surface area contributed by atoms with Gasteiger partial charge in [-0.15, -0.1) is 0 Å². The molecule has 92 valence electrons. The highest BCUT2D eigenvalue weighted by Gasteiger charge is 2.13. The molecule has 6 nitrogen and oxygen atoms in total. The minimum Gasteiger partial charge on any atom is -0.464 e. The van der Waals surface area contributed by atoms with E-state index in [1.54, 1.807) is 19.1 Å². The Labute approximate surface area is 102 Å². The quantitative estimate of drug-likeness (QED) is 0.652. The van der Waals surface area contributed by atoms with Crippen molar-refractivity contribution in [2.75, 3.05) is 0 Å². The van der Waals surface area contributed by atoms with Crippen LogP contribution in [-0.4, -0.2) is 20.7 Å². The van der Waals surface area contributed by atoms with Crippen LogP contribution in [0.4, 0.5) is 10.5 Å². The smallest absolute Gasteiger partial charge is 0.416 e. The van der Waals surface area contributed by atoms with E-state index in [2.05, 4.69) is 0 Å². The van der Waals surface area contributed by atoms with E-state index in [-0.39, 0.29) is 5.69 Å². The zero-order chi connectivity index (χ0) is 13.3. The first-order valence-corrected chi connectivity index (χ1v) is 5.17. The summed E-state index contributed by atoms with van der Waals surface area (Å²) in [6.45, 7) is 1.68. The van der Waals surface area contributed by atoms with E-state index in [1.165, 1.54) is 24.3 Å². The van der Waals surface area contributed by atoms with Crippen molar-refractivity contribution in [2.24, 2.45) is 0 Å². The van der Waals surface area contributed by atoms with E-state index >= 15 is 0 Å². The summed E-state index contributed by atoms with van der Waals surface area (Å²) in [4.78, 5) is 21.1. The third kappa shape index (κ3) is 1.95. The first kappa shape index (κ1) is 11.8. The number of hydrogen-bond acceptors (Lipinski definition) is 3. The van der Waals surface area contributed by atoms with Crippen molar-refractivity contribution in [1.29, 1.82) is 0 Å². The van der Waals surface area contributed by atoms with Crippen molar-refractivity contribution < 1.29 is 14.8 Å². The second-order valence-electron chi connectivity index (χ2n) is 3.78. The fourth-order valence-electron chi connectivity index (χ4n) is 1.77. The molecule has 0 unspecified atom stereocenters. The van der Waals surface area contributed by atoms with Crippen molar-refractivity contribution in [3.05, 3.63) is 52.2 Å². The Balaban J connectivity index is 2.49. The Bertz CT molecular complexity index is 614. The largest absolute Gasteiger partial charge is 0.464 e. The van der Waals surface area contributed by atoms with Gasteiger partial charge < -0.3 is 5.11 Å². The Morgan fingerprint density at radius 2 is 1.83 bits per heavy atom. The number of nitrogens with zero attached hydrogens (tertiary/aromatic N) is 2. The lowest BCUT2D eigenvalue weighted by atomic mass is 10.1. The molecule has 1 aromatic heterocycles. The SMILES string of the molecule is Cc1ccc(-c2ccc([N+](=O)[O-])cc2)n1C(=O)O. The van der Waals surface area contributed by atoms with Gasteiger partial charge in [-0.3, -0.25) is 14.7 Å². The number of carbonyl (C=O) groups is 1. The average Bonchev–Trinajstić information content (AvgIpc) is 2.71. The van der Waals surface area contributed by atoms with Gasteiger partial charge in [-0.25, -0.2) is 4.79 Å². The lowest BCUT2D eigenvalue weighted by molar-refractivity contribution is -0.384. The molecule has 0 aliphatic heterocycles. The van der Waals surface area contributed by atoms with E-state index in [0.29, 0.717) is 17.0 Å². The molecule has 0 amide bonds. The van der Waals surface area contributed by atoms with E-state index in [4.69, 9.17) is 5.11 Å². The topological polar surface area (TPSA) is 85.4 Å². The van der Waals surface area contributed by atoms with Gasteiger partial charge in [0.25, 0.3) is 5.69 Å². The molecule has 1 heterocycles. The zero-order valence-corrected chi connectivity index (χ0v) is 9.53. The van der Waals surface area contributed by atoms with Gasteiger partial charge in [0.1, 0.15) is 0 Å². The average molecular weight is 246 g/mol. The van der Waals surface area contributed by atoms with Gasteiger partial charge in [-0.05, 0) is 36.8 Å². The van der Waals surface area contributed by atoms with Gasteiger partial charge >= 0.3 is 6.09 Å². The highest BCUT2D eigenvalue weighted by atomic mass is 16.6. The zero-order valence-electron chi connectivity index (χ0n) is 9.53. The molecule has 0 aliphatic carbocycles. The molecule has 0 radical (unpaired) electrons. The Hall–Kier alpha value is -2.63. The summed E-state index contributed by atoms with van der Waals surface area (Å²) in [7, 11) is 0. The molecule has 0 bridgehead atoms. The van der Waals surface area contributed by atoms with Crippen LogP contribution in [-0.2, 0) is 0 Å². The number of rotatable bonds is 2. The van der Waals surface area contributed by atoms with Crippen LogP contribution in [0.3, 0.4) is 0 Å². The minimum absolute atomic E-state index is 0.0242. The van der Waals surface area contributed by atoms with Gasteiger partial charge in [0, 0.05) is 17.8 Å². The van der Waals surface area contributed by atoms with Crippen LogP contribution in [0.1, 0.15) is 5.69 Å². The molecular weight excluding hydrogens is 236 g/mol. The van der Waals surface area contributed by atoms with Gasteiger partial charge in [-0.1, -0.05) is 0 Å². The molecule has 0 fully saturated rings. The Morgan fingerprint density at radius 3 is 2.33 bits per heavy atom. The van der Waals surface area contributed by atoms with Crippen molar-refractivity contribution in [3.8, 4) is 11.3 Å². The molecule has 0 aliphatic rings. The molecule has 0 saturated carbocycles. The number of benzene rings is 1. The monoisotopic (exact) mass is 246 g/mol. The second kappa shape index (κ2) is 4.33. The van der Waals surface area contributed by atoms with Crippen LogP contribution in [0, 0.1) is 17.0 Å². The summed E-state index contributed by atoms with van der Waals surface area (Å²) in [5.41, 5.74) is 1.69. The number of carboxylic acid groups (broad SMARTS) is 1. The maximum Gasteiger partial charge on any atom is 0.416 e. The molecule has 2 aromatic rings. The fourth-order valence-corrected chi connectivity index (χ4v) is 1.77. The molecule has 1 aromatic carbocycles. The summed E-state index contributed by atoms with van der Waals surface area (Å²) >= 11 is 0. The normalized spacial score (nSPS) is 10.3. The summed E-state index contributed by atoms with van der Waals surface area (Å²) in [6, 6.07) is 9.13. The van der Waals surface area contributed by atoms with Gasteiger partial charge in [0.05, 0.1) is 10.6 Å². The number of nitro groups is 1. The second-order valence-corrected chi connectivity index (χ2v) is 3.78. The lowest BCUT2D eigenvalue weighted by Crippen LogP contribution is -2.10. The molecule has 0 atom stereocenters. The molecule has 1 N–H and O–H groups in total. The number of aromatic nitrogens is 1. The molecule has 0 saturated heterocycles. The van der Waals surface area contributed by atoms with Crippen molar-refractivity contribution in [2.45, 2.75) is 6.92 Å². The molecule has 0 spiro atoms. The van der Waals surface area contributed by atoms with Crippen LogP contribution in [0.25, 0.3) is 11.3 Å². The Morgan fingerprint density at radius 1 is 1.22 bits per heavy atom. The number of aryl methyl sites for hydroxylation is 1. The van der Waals surface area contributed by atoms with Gasteiger partial charge in [0.2, 0.25) is 0 Å². The van der Waals surface area contributed by atoms with Crippen LogP contribution < -0.4 is 0 Å². The standard InChI is InChI=1S/C12H10N2O4/c1-8-2-7-11(13(8)12(15)16)9-3-5-10(6-4-9)14(17)18/h2-7H,1H3,(H,15,16). The molecule has 6 heteroatoms. The minimum atomic E-state index is -1.08. The van der Waals surface area contributed by atoms with Gasteiger partial charge in [-0.2, -0.15) is 0 Å². The third-order valence-corrected chi connectivity index (χ3v) is 2.64. The van der Waals surface area contributed by atoms with E-state index in [0.717, 1.165) is 4.57 Å². The number of hydrogen-bond donors (Lipinski definition) is 1. The predicted molar refractivity (Wildman–Crippen MR) is 64.7 cm³/mol.